The van der Waals surface area contributed by atoms with Crippen LogP contribution in [0.1, 0.15) is 61.5 Å². The summed E-state index contributed by atoms with van der Waals surface area (Å²) in [5, 5.41) is 27.1. The molecule has 19 heavy (non-hydrogen) atoms. The highest BCUT2D eigenvalue weighted by Gasteiger charge is 2.30. The van der Waals surface area contributed by atoms with Gasteiger partial charge in [-0.15, -0.1) is 11.3 Å². The molecular formula is C12H14O6S. The highest BCUT2D eigenvalue weighted by atomic mass is 32.1. The molecule has 6 nitrogen and oxygen atoms in total. The maximum absolute atomic E-state index is 11.2. The number of unbranched alkanes of at least 4 members (excludes halogenated alkanes) is 2. The van der Waals surface area contributed by atoms with Gasteiger partial charge in [-0.25, -0.2) is 14.4 Å². The largest absolute Gasteiger partial charge is 0.478 e. The van der Waals surface area contributed by atoms with E-state index in [-0.39, 0.29) is 5.56 Å². The van der Waals surface area contributed by atoms with E-state index >= 15 is 0 Å². The SMILES string of the molecule is CCCCCc1sc(C(=O)O)c(C(=O)O)c1C(=O)O. The van der Waals surface area contributed by atoms with Crippen molar-refractivity contribution in [2.75, 3.05) is 0 Å². The summed E-state index contributed by atoms with van der Waals surface area (Å²) < 4.78 is 0. The fraction of sp³-hybridized carbons (Fsp3) is 0.417. The molecule has 7 heteroatoms. The number of hydrogen-bond acceptors (Lipinski definition) is 4. The van der Waals surface area contributed by atoms with Crippen molar-refractivity contribution in [2.45, 2.75) is 32.6 Å². The summed E-state index contributed by atoms with van der Waals surface area (Å²) in [5.41, 5.74) is -0.998. The molecule has 1 aromatic rings. The predicted molar refractivity (Wildman–Crippen MR) is 68.4 cm³/mol. The molecule has 1 heterocycles. The molecule has 0 spiro atoms. The molecular weight excluding hydrogens is 272 g/mol. The molecule has 0 aliphatic heterocycles. The van der Waals surface area contributed by atoms with E-state index in [0.717, 1.165) is 24.2 Å². The Morgan fingerprint density at radius 1 is 0.947 bits per heavy atom. The number of thiophene rings is 1. The van der Waals surface area contributed by atoms with E-state index < -0.39 is 28.3 Å². The summed E-state index contributed by atoms with van der Waals surface area (Å²) in [6.07, 6.45) is 2.90. The summed E-state index contributed by atoms with van der Waals surface area (Å²) >= 11 is 0.740. The van der Waals surface area contributed by atoms with Crippen molar-refractivity contribution >= 4 is 29.2 Å². The van der Waals surface area contributed by atoms with Crippen molar-refractivity contribution in [1.82, 2.24) is 0 Å². The van der Waals surface area contributed by atoms with Gasteiger partial charge in [-0.3, -0.25) is 0 Å². The Bertz CT molecular complexity index is 517. The smallest absolute Gasteiger partial charge is 0.346 e. The van der Waals surface area contributed by atoms with Gasteiger partial charge in [0.25, 0.3) is 0 Å². The van der Waals surface area contributed by atoms with E-state index in [2.05, 4.69) is 0 Å². The lowest BCUT2D eigenvalue weighted by Gasteiger charge is -2.00. The maximum atomic E-state index is 11.2. The van der Waals surface area contributed by atoms with Crippen LogP contribution >= 0.6 is 11.3 Å². The van der Waals surface area contributed by atoms with Crippen LogP contribution < -0.4 is 0 Å². The van der Waals surface area contributed by atoms with E-state index in [1.807, 2.05) is 6.92 Å². The number of carbonyl (C=O) groups is 3. The summed E-state index contributed by atoms with van der Waals surface area (Å²) in [7, 11) is 0. The Labute approximate surface area is 113 Å². The fourth-order valence-electron chi connectivity index (χ4n) is 1.77. The standard InChI is InChI=1S/C12H14O6S/c1-2-3-4-5-6-7(10(13)14)8(11(15)16)9(19-6)12(17)18/h2-5H2,1H3,(H,13,14)(H,15,16)(H,17,18). The van der Waals surface area contributed by atoms with Gasteiger partial charge in [0.1, 0.15) is 4.88 Å². The van der Waals surface area contributed by atoms with E-state index in [9.17, 15) is 14.4 Å². The zero-order valence-corrected chi connectivity index (χ0v) is 11.1. The summed E-state index contributed by atoms with van der Waals surface area (Å²) in [4.78, 5) is 33.1. The van der Waals surface area contributed by atoms with Gasteiger partial charge >= 0.3 is 17.9 Å². The number of carboxylic acid groups (broad SMARTS) is 3. The molecule has 0 bridgehead atoms. The first-order chi connectivity index (χ1) is 8.90. The van der Waals surface area contributed by atoms with Gasteiger partial charge in [-0.2, -0.15) is 0 Å². The molecule has 0 fully saturated rings. The maximum Gasteiger partial charge on any atom is 0.346 e. The number of aryl methyl sites for hydroxylation is 1. The molecule has 1 rings (SSSR count). The van der Waals surface area contributed by atoms with Crippen LogP contribution in [0.25, 0.3) is 0 Å². The zero-order valence-electron chi connectivity index (χ0n) is 10.3. The van der Waals surface area contributed by atoms with Crippen molar-refractivity contribution < 1.29 is 29.7 Å². The molecule has 0 aliphatic carbocycles. The minimum atomic E-state index is -1.52. The molecule has 104 valence electrons. The third-order valence-electron chi connectivity index (χ3n) is 2.61. The fourth-order valence-corrected chi connectivity index (χ4v) is 2.93. The summed E-state index contributed by atoms with van der Waals surface area (Å²) in [6, 6.07) is 0. The van der Waals surface area contributed by atoms with Gasteiger partial charge in [0.2, 0.25) is 0 Å². The predicted octanol–water partition coefficient (Wildman–Crippen LogP) is 2.58. The normalized spacial score (nSPS) is 10.4. The molecule has 0 radical (unpaired) electrons. The van der Waals surface area contributed by atoms with Crippen LogP contribution in [0.3, 0.4) is 0 Å². The van der Waals surface area contributed by atoms with Crippen molar-refractivity contribution in [2.24, 2.45) is 0 Å². The van der Waals surface area contributed by atoms with E-state index in [1.165, 1.54) is 0 Å². The Morgan fingerprint density at radius 3 is 1.95 bits per heavy atom. The van der Waals surface area contributed by atoms with E-state index in [4.69, 9.17) is 15.3 Å². The van der Waals surface area contributed by atoms with Gasteiger partial charge in [0, 0.05) is 4.88 Å². The highest BCUT2D eigenvalue weighted by molar-refractivity contribution is 7.14. The summed E-state index contributed by atoms with van der Waals surface area (Å²) in [6.45, 7) is 1.98. The lowest BCUT2D eigenvalue weighted by molar-refractivity contribution is 0.0637. The first-order valence-corrected chi connectivity index (χ1v) is 6.57. The number of rotatable bonds is 7. The quantitative estimate of drug-likeness (QED) is 0.664. The molecule has 0 aliphatic rings. The van der Waals surface area contributed by atoms with Gasteiger partial charge in [-0.1, -0.05) is 19.8 Å². The van der Waals surface area contributed by atoms with Crippen LogP contribution in [0.5, 0.6) is 0 Å². The first kappa shape index (κ1) is 15.2. The average Bonchev–Trinajstić information content (AvgIpc) is 2.69. The third-order valence-corrected chi connectivity index (χ3v) is 3.85. The number of aromatic carboxylic acids is 3. The Balaban J connectivity index is 3.30. The number of hydrogen-bond donors (Lipinski definition) is 3. The van der Waals surface area contributed by atoms with Crippen molar-refractivity contribution in [3.8, 4) is 0 Å². The van der Waals surface area contributed by atoms with E-state index in [0.29, 0.717) is 17.7 Å². The second-order valence-corrected chi connectivity index (χ2v) is 5.08. The first-order valence-electron chi connectivity index (χ1n) is 5.75. The minimum absolute atomic E-state index is 0.316. The molecule has 0 atom stereocenters. The average molecular weight is 286 g/mol. The van der Waals surface area contributed by atoms with Crippen LogP contribution in [0, 0.1) is 0 Å². The third kappa shape index (κ3) is 3.31. The Kier molecular flexibility index (Phi) is 5.05. The second-order valence-electron chi connectivity index (χ2n) is 3.98. The lowest BCUT2D eigenvalue weighted by atomic mass is 10.1. The number of carboxylic acids is 3. The topological polar surface area (TPSA) is 112 Å². The summed E-state index contributed by atoms with van der Waals surface area (Å²) in [5.74, 6) is -4.33. The van der Waals surface area contributed by atoms with Gasteiger partial charge in [-0.05, 0) is 12.8 Å². The second kappa shape index (κ2) is 6.33. The Morgan fingerprint density at radius 2 is 1.53 bits per heavy atom. The van der Waals surface area contributed by atoms with Crippen molar-refractivity contribution in [3.63, 3.8) is 0 Å². The van der Waals surface area contributed by atoms with Gasteiger partial charge in [0.05, 0.1) is 11.1 Å². The van der Waals surface area contributed by atoms with Crippen LogP contribution in [0.4, 0.5) is 0 Å². The molecule has 0 aromatic carbocycles. The molecule has 0 saturated carbocycles. The van der Waals surface area contributed by atoms with Gasteiger partial charge < -0.3 is 15.3 Å². The molecule has 1 aromatic heterocycles. The zero-order chi connectivity index (χ0) is 14.6. The van der Waals surface area contributed by atoms with Crippen molar-refractivity contribution in [3.05, 3.63) is 20.9 Å². The van der Waals surface area contributed by atoms with Crippen molar-refractivity contribution in [1.29, 1.82) is 0 Å². The Hall–Kier alpha value is -1.89. The van der Waals surface area contributed by atoms with Crippen LogP contribution in [0.2, 0.25) is 0 Å². The van der Waals surface area contributed by atoms with Gasteiger partial charge in [0.15, 0.2) is 0 Å². The van der Waals surface area contributed by atoms with E-state index in [1.54, 1.807) is 0 Å². The lowest BCUT2D eigenvalue weighted by Crippen LogP contribution is -2.11. The molecule has 0 unspecified atom stereocenters. The molecule has 0 saturated heterocycles. The van der Waals surface area contributed by atoms with Crippen LogP contribution in [-0.4, -0.2) is 33.2 Å². The van der Waals surface area contributed by atoms with Crippen LogP contribution in [0.15, 0.2) is 0 Å². The minimum Gasteiger partial charge on any atom is -0.478 e. The molecule has 0 amide bonds. The monoisotopic (exact) mass is 286 g/mol. The van der Waals surface area contributed by atoms with Crippen LogP contribution in [-0.2, 0) is 6.42 Å². The molecule has 3 N–H and O–H groups in total. The highest BCUT2D eigenvalue weighted by Crippen LogP contribution is 2.30.